The minimum atomic E-state index is -0.371. The predicted octanol–water partition coefficient (Wildman–Crippen LogP) is 3.96. The molecule has 0 radical (unpaired) electrons. The van der Waals surface area contributed by atoms with Gasteiger partial charge in [-0.05, 0) is 35.4 Å². The molecule has 0 spiro atoms. The first kappa shape index (κ1) is 20.3. The van der Waals surface area contributed by atoms with E-state index in [1.54, 1.807) is 17.0 Å². The SMILES string of the molecule is O=C1OC(c2cccc(Cl)c2)CN1CCOc1ccc(Cc2sc(=O)[nH]c2O)cc1. The second-order valence-corrected chi connectivity index (χ2v) is 8.33. The summed E-state index contributed by atoms with van der Waals surface area (Å²) < 4.78 is 11.2. The number of aromatic nitrogens is 1. The third-order valence-electron chi connectivity index (χ3n) is 4.73. The molecule has 9 heteroatoms. The highest BCUT2D eigenvalue weighted by Gasteiger charge is 2.32. The summed E-state index contributed by atoms with van der Waals surface area (Å²) in [7, 11) is 0. The van der Waals surface area contributed by atoms with Crippen LogP contribution in [0, 0.1) is 0 Å². The average molecular weight is 447 g/mol. The fourth-order valence-corrected chi connectivity index (χ4v) is 4.16. The van der Waals surface area contributed by atoms with Gasteiger partial charge in [0.2, 0.25) is 5.88 Å². The van der Waals surface area contributed by atoms with Gasteiger partial charge >= 0.3 is 11.0 Å². The molecule has 0 bridgehead atoms. The number of amides is 1. The van der Waals surface area contributed by atoms with Crippen LogP contribution in [0.15, 0.2) is 53.3 Å². The summed E-state index contributed by atoms with van der Waals surface area (Å²) in [6.07, 6.45) is -0.250. The van der Waals surface area contributed by atoms with Crippen LogP contribution in [-0.2, 0) is 11.2 Å². The molecule has 1 aromatic heterocycles. The van der Waals surface area contributed by atoms with Gasteiger partial charge in [0, 0.05) is 11.4 Å². The molecule has 1 amide bonds. The Bertz CT molecular complexity index is 1100. The van der Waals surface area contributed by atoms with Gasteiger partial charge in [-0.15, -0.1) is 0 Å². The Hall–Kier alpha value is -2.97. The van der Waals surface area contributed by atoms with E-state index in [2.05, 4.69) is 4.98 Å². The van der Waals surface area contributed by atoms with Gasteiger partial charge in [-0.1, -0.05) is 47.2 Å². The van der Waals surface area contributed by atoms with Crippen molar-refractivity contribution < 1.29 is 19.4 Å². The maximum absolute atomic E-state index is 12.1. The molecule has 7 nitrogen and oxygen atoms in total. The van der Waals surface area contributed by atoms with Crippen LogP contribution >= 0.6 is 22.9 Å². The van der Waals surface area contributed by atoms with Crippen molar-refractivity contribution in [3.05, 3.63) is 79.2 Å². The fourth-order valence-electron chi connectivity index (χ4n) is 3.21. The second kappa shape index (κ2) is 8.81. The minimum Gasteiger partial charge on any atom is -0.494 e. The summed E-state index contributed by atoms with van der Waals surface area (Å²) in [5.74, 6) is 0.586. The number of hydrogen-bond donors (Lipinski definition) is 2. The molecule has 4 rings (SSSR count). The Kier molecular flexibility index (Phi) is 5.96. The van der Waals surface area contributed by atoms with Crippen LogP contribution in [0.4, 0.5) is 4.79 Å². The quantitative estimate of drug-likeness (QED) is 0.573. The number of hydrogen-bond acceptors (Lipinski definition) is 6. The van der Waals surface area contributed by atoms with Crippen molar-refractivity contribution in [1.82, 2.24) is 9.88 Å². The Balaban J connectivity index is 1.27. The van der Waals surface area contributed by atoms with Gasteiger partial charge in [0.1, 0.15) is 18.5 Å². The van der Waals surface area contributed by atoms with Gasteiger partial charge < -0.3 is 19.5 Å². The number of carbonyl (C=O) groups excluding carboxylic acids is 1. The van der Waals surface area contributed by atoms with E-state index in [1.165, 1.54) is 0 Å². The molecular formula is C21H19ClN2O5S. The molecule has 2 aromatic carbocycles. The topological polar surface area (TPSA) is 91.9 Å². The maximum atomic E-state index is 12.1. The van der Waals surface area contributed by atoms with Crippen LogP contribution in [0.1, 0.15) is 22.1 Å². The number of aromatic amines is 1. The number of ether oxygens (including phenoxy) is 2. The molecule has 1 aliphatic rings. The van der Waals surface area contributed by atoms with Crippen LogP contribution in [-0.4, -0.2) is 40.8 Å². The van der Waals surface area contributed by atoms with Gasteiger partial charge in [-0.25, -0.2) is 4.79 Å². The van der Waals surface area contributed by atoms with Crippen molar-refractivity contribution in [2.75, 3.05) is 19.7 Å². The number of cyclic esters (lactones) is 1. The summed E-state index contributed by atoms with van der Waals surface area (Å²) in [6.45, 7) is 1.18. The monoisotopic (exact) mass is 446 g/mol. The smallest absolute Gasteiger partial charge is 0.410 e. The van der Waals surface area contributed by atoms with Gasteiger partial charge in [-0.3, -0.25) is 9.78 Å². The minimum absolute atomic E-state index is 0.0843. The lowest BCUT2D eigenvalue weighted by Crippen LogP contribution is -2.29. The molecule has 1 aliphatic heterocycles. The van der Waals surface area contributed by atoms with E-state index in [0.717, 1.165) is 22.5 Å². The van der Waals surface area contributed by atoms with Gasteiger partial charge in [-0.2, -0.15) is 0 Å². The molecule has 1 saturated heterocycles. The lowest BCUT2D eigenvalue weighted by Gasteiger charge is -2.14. The zero-order valence-corrected chi connectivity index (χ0v) is 17.4. The maximum Gasteiger partial charge on any atom is 0.410 e. The molecule has 2 heterocycles. The molecule has 1 unspecified atom stereocenters. The Morgan fingerprint density at radius 2 is 2.03 bits per heavy atom. The van der Waals surface area contributed by atoms with Gasteiger partial charge in [0.05, 0.1) is 18.0 Å². The highest BCUT2D eigenvalue weighted by Crippen LogP contribution is 2.27. The number of nitrogens with zero attached hydrogens (tertiary/aromatic N) is 1. The zero-order chi connectivity index (χ0) is 21.1. The van der Waals surface area contributed by atoms with E-state index in [-0.39, 0.29) is 23.0 Å². The number of nitrogens with one attached hydrogen (secondary N) is 1. The summed E-state index contributed by atoms with van der Waals surface area (Å²) in [5, 5.41) is 10.3. The van der Waals surface area contributed by atoms with Crippen LogP contribution < -0.4 is 9.61 Å². The lowest BCUT2D eigenvalue weighted by atomic mass is 10.1. The van der Waals surface area contributed by atoms with Crippen LogP contribution in [0.3, 0.4) is 0 Å². The summed E-state index contributed by atoms with van der Waals surface area (Å²) in [6, 6.07) is 14.7. The first-order valence-corrected chi connectivity index (χ1v) is 10.5. The third kappa shape index (κ3) is 4.77. The molecule has 30 heavy (non-hydrogen) atoms. The van der Waals surface area contributed by atoms with E-state index >= 15 is 0 Å². The van der Waals surface area contributed by atoms with Crippen molar-refractivity contribution in [2.45, 2.75) is 12.5 Å². The van der Waals surface area contributed by atoms with Crippen molar-refractivity contribution in [2.24, 2.45) is 0 Å². The van der Waals surface area contributed by atoms with E-state index < -0.39 is 0 Å². The number of halogens is 1. The summed E-state index contributed by atoms with van der Waals surface area (Å²) >= 11 is 7.00. The van der Waals surface area contributed by atoms with E-state index in [9.17, 15) is 14.7 Å². The van der Waals surface area contributed by atoms with Crippen LogP contribution in [0.25, 0.3) is 0 Å². The van der Waals surface area contributed by atoms with E-state index in [0.29, 0.717) is 41.8 Å². The first-order chi connectivity index (χ1) is 14.5. The van der Waals surface area contributed by atoms with E-state index in [4.69, 9.17) is 21.1 Å². The fraction of sp³-hybridized carbons (Fsp3) is 0.238. The first-order valence-electron chi connectivity index (χ1n) is 9.31. The van der Waals surface area contributed by atoms with Gasteiger partial charge in [0.15, 0.2) is 0 Å². The van der Waals surface area contributed by atoms with Crippen molar-refractivity contribution in [3.63, 3.8) is 0 Å². The van der Waals surface area contributed by atoms with Crippen LogP contribution in [0.5, 0.6) is 11.6 Å². The number of aromatic hydroxyl groups is 1. The predicted molar refractivity (Wildman–Crippen MR) is 114 cm³/mol. The van der Waals surface area contributed by atoms with Crippen molar-refractivity contribution in [1.29, 1.82) is 0 Å². The molecular weight excluding hydrogens is 428 g/mol. The highest BCUT2D eigenvalue weighted by atomic mass is 35.5. The second-order valence-electron chi connectivity index (χ2n) is 6.83. The largest absolute Gasteiger partial charge is 0.494 e. The molecule has 1 atom stereocenters. The molecule has 2 N–H and O–H groups in total. The van der Waals surface area contributed by atoms with Gasteiger partial charge in [0.25, 0.3) is 0 Å². The van der Waals surface area contributed by atoms with E-state index in [1.807, 2.05) is 36.4 Å². The molecule has 156 valence electrons. The number of carbonyl (C=O) groups is 1. The molecule has 0 saturated carbocycles. The molecule has 3 aromatic rings. The lowest BCUT2D eigenvalue weighted by molar-refractivity contribution is 0.130. The standard InChI is InChI=1S/C21H19ClN2O5S/c22-15-3-1-2-14(11-15)17-12-24(21(27)29-17)8-9-28-16-6-4-13(5-7-16)10-18-19(25)23-20(26)30-18/h1-7,11,17,25H,8-10,12H2,(H,23,26). The van der Waals surface area contributed by atoms with Crippen molar-refractivity contribution in [3.8, 4) is 11.6 Å². The zero-order valence-electron chi connectivity index (χ0n) is 15.8. The molecule has 1 fully saturated rings. The number of thiazole rings is 1. The Morgan fingerprint density at radius 1 is 1.23 bits per heavy atom. The summed E-state index contributed by atoms with van der Waals surface area (Å²) in [4.78, 5) is 27.6. The molecule has 0 aliphatic carbocycles. The number of H-pyrrole nitrogens is 1. The Labute approximate surface area is 181 Å². The number of rotatable bonds is 7. The van der Waals surface area contributed by atoms with Crippen molar-refractivity contribution >= 4 is 29.0 Å². The normalized spacial score (nSPS) is 16.0. The Morgan fingerprint density at radius 3 is 2.73 bits per heavy atom. The van der Waals surface area contributed by atoms with Crippen LogP contribution in [0.2, 0.25) is 5.02 Å². The number of benzene rings is 2. The summed E-state index contributed by atoms with van der Waals surface area (Å²) in [5.41, 5.74) is 1.81. The third-order valence-corrected chi connectivity index (χ3v) is 5.83. The highest BCUT2D eigenvalue weighted by molar-refractivity contribution is 7.09. The average Bonchev–Trinajstić information content (AvgIpc) is 3.24.